The van der Waals surface area contributed by atoms with E-state index in [9.17, 15) is 9.18 Å². The maximum absolute atomic E-state index is 13.2. The molecule has 0 radical (unpaired) electrons. The lowest BCUT2D eigenvalue weighted by atomic mass is 10.2. The molecule has 0 spiro atoms. The highest BCUT2D eigenvalue weighted by molar-refractivity contribution is 7.80. The summed E-state index contributed by atoms with van der Waals surface area (Å²) in [5.74, 6) is -0.751. The number of carbonyl (C=O) groups excluding carboxylic acids is 1. The minimum absolute atomic E-state index is 0.125. The molecule has 1 amide bonds. The molecule has 0 aliphatic heterocycles. The van der Waals surface area contributed by atoms with Gasteiger partial charge in [0.2, 0.25) is 5.91 Å². The fourth-order valence-electron chi connectivity index (χ4n) is 3.00. The van der Waals surface area contributed by atoms with Crippen molar-refractivity contribution in [3.8, 4) is 5.69 Å². The predicted molar refractivity (Wildman–Crippen MR) is 133 cm³/mol. The number of benzene rings is 3. The molecule has 6 nitrogen and oxygen atoms in total. The van der Waals surface area contributed by atoms with Gasteiger partial charge in [0.05, 0.1) is 5.69 Å². The molecule has 0 saturated carbocycles. The average Bonchev–Trinajstić information content (AvgIpc) is 3.16. The Kier molecular flexibility index (Phi) is 6.69. The average molecular weight is 500 g/mol. The highest BCUT2D eigenvalue weighted by Crippen LogP contribution is 2.23. The SMILES string of the molecule is Cc1cc2nn(-c3ccc(F)cc3)nc2cc1NC(=S)NC(=O)/C=C/c1ccc(Cl)cc1Cl. The summed E-state index contributed by atoms with van der Waals surface area (Å²) >= 11 is 17.2. The van der Waals surface area contributed by atoms with Crippen molar-refractivity contribution in [2.45, 2.75) is 6.92 Å². The van der Waals surface area contributed by atoms with Crippen LogP contribution in [0.25, 0.3) is 22.8 Å². The summed E-state index contributed by atoms with van der Waals surface area (Å²) in [7, 11) is 0. The van der Waals surface area contributed by atoms with Gasteiger partial charge < -0.3 is 5.32 Å². The quantitative estimate of drug-likeness (QED) is 0.278. The number of aromatic nitrogens is 3. The summed E-state index contributed by atoms with van der Waals surface area (Å²) in [5, 5.41) is 15.5. The lowest BCUT2D eigenvalue weighted by molar-refractivity contribution is -0.115. The molecular formula is C23H16Cl2FN5OS. The molecule has 0 fully saturated rings. The molecule has 0 unspecified atom stereocenters. The van der Waals surface area contributed by atoms with Crippen molar-refractivity contribution >= 4 is 69.2 Å². The number of rotatable bonds is 4. The van der Waals surface area contributed by atoms with Crippen LogP contribution in [-0.2, 0) is 4.79 Å². The Hall–Kier alpha value is -3.33. The lowest BCUT2D eigenvalue weighted by Crippen LogP contribution is -2.33. The molecule has 3 aromatic carbocycles. The number of fused-ring (bicyclic) bond motifs is 1. The third-order valence-corrected chi connectivity index (χ3v) is 5.41. The van der Waals surface area contributed by atoms with Gasteiger partial charge in [0.15, 0.2) is 5.11 Å². The van der Waals surface area contributed by atoms with Crippen LogP contribution < -0.4 is 10.6 Å². The Bertz CT molecular complexity index is 1400. The molecule has 0 aliphatic carbocycles. The summed E-state index contributed by atoms with van der Waals surface area (Å²) in [4.78, 5) is 13.7. The third-order valence-electron chi connectivity index (χ3n) is 4.65. The van der Waals surface area contributed by atoms with Gasteiger partial charge in [-0.25, -0.2) is 4.39 Å². The van der Waals surface area contributed by atoms with Crippen LogP contribution in [0, 0.1) is 12.7 Å². The first kappa shape index (κ1) is 22.8. The highest BCUT2D eigenvalue weighted by atomic mass is 35.5. The number of nitrogens with zero attached hydrogens (tertiary/aromatic N) is 3. The first-order chi connectivity index (χ1) is 15.8. The van der Waals surface area contributed by atoms with E-state index in [1.807, 2.05) is 13.0 Å². The Labute approximate surface area is 204 Å². The number of hydrogen-bond donors (Lipinski definition) is 2. The monoisotopic (exact) mass is 499 g/mol. The number of nitrogens with one attached hydrogen (secondary N) is 2. The number of aryl methyl sites for hydroxylation is 1. The minimum atomic E-state index is -0.417. The van der Waals surface area contributed by atoms with Crippen molar-refractivity contribution in [3.63, 3.8) is 0 Å². The zero-order valence-corrected chi connectivity index (χ0v) is 19.5. The van der Waals surface area contributed by atoms with Gasteiger partial charge in [-0.3, -0.25) is 10.1 Å². The predicted octanol–water partition coefficient (Wildman–Crippen LogP) is 5.70. The third kappa shape index (κ3) is 5.54. The second-order valence-corrected chi connectivity index (χ2v) is 8.32. The maximum Gasteiger partial charge on any atom is 0.250 e. The number of halogens is 3. The van der Waals surface area contributed by atoms with Crippen molar-refractivity contribution in [2.75, 3.05) is 5.32 Å². The fraction of sp³-hybridized carbons (Fsp3) is 0.0435. The minimum Gasteiger partial charge on any atom is -0.332 e. The van der Waals surface area contributed by atoms with E-state index in [1.165, 1.54) is 23.0 Å². The van der Waals surface area contributed by atoms with Crippen molar-refractivity contribution in [1.29, 1.82) is 0 Å². The van der Waals surface area contributed by atoms with Gasteiger partial charge in [-0.15, -0.1) is 10.2 Å². The second kappa shape index (κ2) is 9.66. The zero-order chi connectivity index (χ0) is 23.5. The highest BCUT2D eigenvalue weighted by Gasteiger charge is 2.10. The van der Waals surface area contributed by atoms with Gasteiger partial charge in [0, 0.05) is 21.8 Å². The standard InChI is InChI=1S/C23H16Cl2FN5OS/c1-13-10-20-21(30-31(29-20)17-7-5-16(26)6-8-17)12-19(13)27-23(33)28-22(32)9-3-14-2-4-15(24)11-18(14)25/h2-12H,1H3,(H2,27,28,32,33)/b9-3+. The second-order valence-electron chi connectivity index (χ2n) is 7.06. The van der Waals surface area contributed by atoms with Gasteiger partial charge in [-0.2, -0.15) is 4.80 Å². The Morgan fingerprint density at radius 2 is 1.76 bits per heavy atom. The summed E-state index contributed by atoms with van der Waals surface area (Å²) in [5.41, 5.74) is 4.09. The molecule has 2 N–H and O–H groups in total. The molecule has 1 aromatic heterocycles. The molecule has 1 heterocycles. The van der Waals surface area contributed by atoms with E-state index in [-0.39, 0.29) is 10.9 Å². The Balaban J connectivity index is 1.45. The van der Waals surface area contributed by atoms with Crippen molar-refractivity contribution < 1.29 is 9.18 Å². The topological polar surface area (TPSA) is 71.8 Å². The van der Waals surface area contributed by atoms with Crippen LogP contribution in [0.1, 0.15) is 11.1 Å². The summed E-state index contributed by atoms with van der Waals surface area (Å²) in [6.07, 6.45) is 2.90. The van der Waals surface area contributed by atoms with Crippen molar-refractivity contribution in [1.82, 2.24) is 20.3 Å². The molecule has 10 heteroatoms. The molecular weight excluding hydrogens is 484 g/mol. The molecule has 0 aliphatic rings. The molecule has 33 heavy (non-hydrogen) atoms. The zero-order valence-electron chi connectivity index (χ0n) is 17.1. The lowest BCUT2D eigenvalue weighted by Gasteiger charge is -2.10. The van der Waals surface area contributed by atoms with Gasteiger partial charge in [-0.1, -0.05) is 29.3 Å². The van der Waals surface area contributed by atoms with Crippen LogP contribution in [0.5, 0.6) is 0 Å². The summed E-state index contributed by atoms with van der Waals surface area (Å²) in [6, 6.07) is 14.5. The van der Waals surface area contributed by atoms with Gasteiger partial charge in [-0.05, 0) is 84.9 Å². The van der Waals surface area contributed by atoms with E-state index in [0.29, 0.717) is 38.0 Å². The number of hydrogen-bond acceptors (Lipinski definition) is 4. The Morgan fingerprint density at radius 3 is 2.45 bits per heavy atom. The molecule has 0 saturated heterocycles. The van der Waals surface area contributed by atoms with Crippen molar-refractivity contribution in [3.05, 3.63) is 87.7 Å². The van der Waals surface area contributed by atoms with Crippen LogP contribution in [0.2, 0.25) is 10.0 Å². The molecule has 166 valence electrons. The number of thiocarbonyl (C=S) groups is 1. The number of carbonyl (C=O) groups is 1. The van der Waals surface area contributed by atoms with Gasteiger partial charge in [0.25, 0.3) is 0 Å². The summed E-state index contributed by atoms with van der Waals surface area (Å²) in [6.45, 7) is 1.88. The maximum atomic E-state index is 13.2. The first-order valence-electron chi connectivity index (χ1n) is 9.67. The molecule has 4 aromatic rings. The number of amides is 1. The van der Waals surface area contributed by atoms with Crippen LogP contribution in [0.4, 0.5) is 10.1 Å². The van der Waals surface area contributed by atoms with E-state index in [0.717, 1.165) is 5.56 Å². The van der Waals surface area contributed by atoms with E-state index >= 15 is 0 Å². The molecule has 0 atom stereocenters. The number of anilines is 1. The van der Waals surface area contributed by atoms with Crippen LogP contribution in [0.3, 0.4) is 0 Å². The smallest absolute Gasteiger partial charge is 0.250 e. The largest absolute Gasteiger partial charge is 0.332 e. The van der Waals surface area contributed by atoms with Crippen LogP contribution in [0.15, 0.2) is 60.7 Å². The Morgan fingerprint density at radius 1 is 1.06 bits per heavy atom. The van der Waals surface area contributed by atoms with Crippen LogP contribution in [-0.4, -0.2) is 26.0 Å². The summed E-state index contributed by atoms with van der Waals surface area (Å²) < 4.78 is 13.2. The molecule has 0 bridgehead atoms. The van der Waals surface area contributed by atoms with Gasteiger partial charge >= 0.3 is 0 Å². The van der Waals surface area contributed by atoms with E-state index in [2.05, 4.69) is 20.8 Å². The van der Waals surface area contributed by atoms with E-state index < -0.39 is 5.91 Å². The first-order valence-corrected chi connectivity index (χ1v) is 10.8. The fourth-order valence-corrected chi connectivity index (χ4v) is 3.68. The molecule has 4 rings (SSSR count). The van der Waals surface area contributed by atoms with E-state index in [4.69, 9.17) is 35.4 Å². The van der Waals surface area contributed by atoms with E-state index in [1.54, 1.807) is 42.5 Å². The normalized spacial score (nSPS) is 11.2. The van der Waals surface area contributed by atoms with Gasteiger partial charge in [0.1, 0.15) is 16.9 Å². The van der Waals surface area contributed by atoms with Crippen molar-refractivity contribution in [2.24, 2.45) is 0 Å². The van der Waals surface area contributed by atoms with Crippen LogP contribution >= 0.6 is 35.4 Å².